The first-order chi connectivity index (χ1) is 14.2. The predicted octanol–water partition coefficient (Wildman–Crippen LogP) is 2.21. The van der Waals surface area contributed by atoms with E-state index in [1.165, 1.54) is 42.4 Å². The fourth-order valence-electron chi connectivity index (χ4n) is 2.60. The number of methoxy groups -OCH3 is 1. The second kappa shape index (κ2) is 10.0. The van der Waals surface area contributed by atoms with Crippen molar-refractivity contribution in [1.82, 2.24) is 9.21 Å². The van der Waals surface area contributed by atoms with E-state index in [1.54, 1.807) is 38.4 Å². The second-order valence-corrected chi connectivity index (χ2v) is 8.52. The van der Waals surface area contributed by atoms with E-state index < -0.39 is 22.5 Å². The molecular weight excluding hydrogens is 406 g/mol. The van der Waals surface area contributed by atoms with Crippen LogP contribution >= 0.6 is 0 Å². The molecule has 0 radical (unpaired) electrons. The first-order valence-electron chi connectivity index (χ1n) is 9.05. The molecule has 0 spiro atoms. The molecule has 2 aromatic carbocycles. The smallest absolute Gasteiger partial charge is 0.253 e. The van der Waals surface area contributed by atoms with Gasteiger partial charge in [-0.2, -0.15) is 4.31 Å². The molecular formula is C21H25N3O5S. The maximum Gasteiger partial charge on any atom is 0.253 e. The lowest BCUT2D eigenvalue weighted by atomic mass is 10.2. The quantitative estimate of drug-likeness (QED) is 0.614. The molecule has 0 bridgehead atoms. The Morgan fingerprint density at radius 1 is 1.07 bits per heavy atom. The van der Waals surface area contributed by atoms with Crippen molar-refractivity contribution in [2.45, 2.75) is 4.90 Å². The normalized spacial score (nSPS) is 11.1. The molecule has 0 atom stereocenters. The van der Waals surface area contributed by atoms with Gasteiger partial charge in [0.25, 0.3) is 5.91 Å². The minimum Gasteiger partial charge on any atom is -0.497 e. The van der Waals surface area contributed by atoms with E-state index in [2.05, 4.69) is 11.9 Å². The number of nitrogens with one attached hydrogen (secondary N) is 1. The lowest BCUT2D eigenvalue weighted by Gasteiger charge is -2.20. The lowest BCUT2D eigenvalue weighted by molar-refractivity contribution is -0.116. The Bertz CT molecular complexity index is 1000. The Labute approximate surface area is 176 Å². The molecule has 0 saturated heterocycles. The lowest BCUT2D eigenvalue weighted by Crippen LogP contribution is -2.38. The molecule has 0 heterocycles. The van der Waals surface area contributed by atoms with Crippen molar-refractivity contribution in [3.63, 3.8) is 0 Å². The third-order valence-corrected chi connectivity index (χ3v) is 6.00. The van der Waals surface area contributed by atoms with Crippen LogP contribution in [0.25, 0.3) is 0 Å². The summed E-state index contributed by atoms with van der Waals surface area (Å²) in [5.41, 5.74) is 0.934. The molecule has 2 amide bonds. The summed E-state index contributed by atoms with van der Waals surface area (Å²) in [5.74, 6) is -0.144. The number of carbonyl (C=O) groups excluding carboxylic acids is 2. The topological polar surface area (TPSA) is 96.0 Å². The molecule has 1 N–H and O–H groups in total. The maximum atomic E-state index is 12.9. The average molecular weight is 432 g/mol. The molecule has 8 nitrogen and oxygen atoms in total. The van der Waals surface area contributed by atoms with Gasteiger partial charge in [0.2, 0.25) is 15.9 Å². The Balaban J connectivity index is 2.12. The SMILES string of the molecule is C=CCN(CC(=O)Nc1ccc(C(=O)N(C)C)cc1)S(=O)(=O)c1ccc(OC)cc1. The summed E-state index contributed by atoms with van der Waals surface area (Å²) in [7, 11) is 0.876. The molecule has 0 aliphatic heterocycles. The molecule has 2 rings (SSSR count). The van der Waals surface area contributed by atoms with Crippen molar-refractivity contribution >= 4 is 27.5 Å². The number of amides is 2. The molecule has 9 heteroatoms. The van der Waals surface area contributed by atoms with Crippen molar-refractivity contribution in [1.29, 1.82) is 0 Å². The number of ether oxygens (including phenoxy) is 1. The number of carbonyl (C=O) groups is 2. The number of hydrogen-bond acceptors (Lipinski definition) is 5. The maximum absolute atomic E-state index is 12.9. The van der Waals surface area contributed by atoms with E-state index in [4.69, 9.17) is 4.74 Å². The van der Waals surface area contributed by atoms with Gasteiger partial charge in [0.15, 0.2) is 0 Å². The van der Waals surface area contributed by atoms with Gasteiger partial charge in [0, 0.05) is 31.9 Å². The number of sulfonamides is 1. The fourth-order valence-corrected chi connectivity index (χ4v) is 3.97. The van der Waals surface area contributed by atoms with Gasteiger partial charge in [-0.1, -0.05) is 6.08 Å². The summed E-state index contributed by atoms with van der Waals surface area (Å²) < 4.78 is 31.9. The largest absolute Gasteiger partial charge is 0.497 e. The first-order valence-corrected chi connectivity index (χ1v) is 10.5. The Morgan fingerprint density at radius 3 is 2.17 bits per heavy atom. The highest BCUT2D eigenvalue weighted by molar-refractivity contribution is 7.89. The van der Waals surface area contributed by atoms with Crippen LogP contribution in [0.3, 0.4) is 0 Å². The minimum atomic E-state index is -3.91. The van der Waals surface area contributed by atoms with Crippen LogP contribution in [0.2, 0.25) is 0 Å². The van der Waals surface area contributed by atoms with E-state index in [0.29, 0.717) is 17.0 Å². The summed E-state index contributed by atoms with van der Waals surface area (Å²) in [6, 6.07) is 12.3. The number of hydrogen-bond donors (Lipinski definition) is 1. The third kappa shape index (κ3) is 5.68. The highest BCUT2D eigenvalue weighted by Crippen LogP contribution is 2.20. The molecule has 0 aliphatic rings. The van der Waals surface area contributed by atoms with Crippen LogP contribution in [0.5, 0.6) is 5.75 Å². The van der Waals surface area contributed by atoms with Gasteiger partial charge >= 0.3 is 0 Å². The van der Waals surface area contributed by atoms with Crippen molar-refractivity contribution < 1.29 is 22.7 Å². The average Bonchev–Trinajstić information content (AvgIpc) is 2.73. The van der Waals surface area contributed by atoms with Gasteiger partial charge in [-0.05, 0) is 48.5 Å². The van der Waals surface area contributed by atoms with Crippen LogP contribution in [0, 0.1) is 0 Å². The molecule has 2 aromatic rings. The van der Waals surface area contributed by atoms with E-state index in [-0.39, 0.29) is 17.3 Å². The second-order valence-electron chi connectivity index (χ2n) is 6.59. The van der Waals surface area contributed by atoms with Crippen LogP contribution in [0.1, 0.15) is 10.4 Å². The van der Waals surface area contributed by atoms with Crippen LogP contribution in [0.4, 0.5) is 5.69 Å². The van der Waals surface area contributed by atoms with Gasteiger partial charge in [0.1, 0.15) is 5.75 Å². The molecule has 0 aromatic heterocycles. The van der Waals surface area contributed by atoms with Crippen LogP contribution in [0.15, 0.2) is 66.1 Å². The van der Waals surface area contributed by atoms with E-state index in [9.17, 15) is 18.0 Å². The van der Waals surface area contributed by atoms with Crippen LogP contribution < -0.4 is 10.1 Å². The van der Waals surface area contributed by atoms with Gasteiger partial charge in [-0.3, -0.25) is 9.59 Å². The van der Waals surface area contributed by atoms with Crippen LogP contribution in [-0.4, -0.2) is 63.7 Å². The summed E-state index contributed by atoms with van der Waals surface area (Å²) >= 11 is 0. The third-order valence-electron chi connectivity index (χ3n) is 4.17. The Hall–Kier alpha value is -3.17. The van der Waals surface area contributed by atoms with Crippen LogP contribution in [-0.2, 0) is 14.8 Å². The molecule has 0 unspecified atom stereocenters. The fraction of sp³-hybridized carbons (Fsp3) is 0.238. The van der Waals surface area contributed by atoms with E-state index in [1.807, 2.05) is 0 Å². The monoisotopic (exact) mass is 431 g/mol. The van der Waals surface area contributed by atoms with E-state index >= 15 is 0 Å². The predicted molar refractivity (Wildman–Crippen MR) is 115 cm³/mol. The number of benzene rings is 2. The Kier molecular flexibility index (Phi) is 7.73. The summed E-state index contributed by atoms with van der Waals surface area (Å²) in [4.78, 5) is 25.9. The zero-order chi connectivity index (χ0) is 22.3. The van der Waals surface area contributed by atoms with Crippen molar-refractivity contribution in [3.05, 3.63) is 66.7 Å². The highest BCUT2D eigenvalue weighted by atomic mass is 32.2. The summed E-state index contributed by atoms with van der Waals surface area (Å²) in [6.45, 7) is 3.15. The molecule has 0 aliphatic carbocycles. The molecule has 0 saturated carbocycles. The van der Waals surface area contributed by atoms with E-state index in [0.717, 1.165) is 4.31 Å². The zero-order valence-corrected chi connectivity index (χ0v) is 18.0. The zero-order valence-electron chi connectivity index (χ0n) is 17.2. The van der Waals surface area contributed by atoms with Gasteiger partial charge in [-0.15, -0.1) is 6.58 Å². The molecule has 0 fully saturated rings. The molecule has 30 heavy (non-hydrogen) atoms. The molecule has 160 valence electrons. The van der Waals surface area contributed by atoms with Gasteiger partial charge < -0.3 is 15.0 Å². The van der Waals surface area contributed by atoms with Crippen molar-refractivity contribution in [2.24, 2.45) is 0 Å². The standard InChI is InChI=1S/C21H25N3O5S/c1-5-14-24(30(27,28)19-12-10-18(29-4)11-13-19)15-20(25)22-17-8-6-16(7-9-17)21(26)23(2)3/h5-13H,1,14-15H2,2-4H3,(H,22,25). The number of anilines is 1. The highest BCUT2D eigenvalue weighted by Gasteiger charge is 2.25. The van der Waals surface area contributed by atoms with Gasteiger partial charge in [-0.25, -0.2) is 8.42 Å². The summed E-state index contributed by atoms with van der Waals surface area (Å²) in [6.07, 6.45) is 1.41. The van der Waals surface area contributed by atoms with Crippen molar-refractivity contribution in [2.75, 3.05) is 39.6 Å². The Morgan fingerprint density at radius 2 is 1.67 bits per heavy atom. The van der Waals surface area contributed by atoms with Gasteiger partial charge in [0.05, 0.1) is 18.6 Å². The summed E-state index contributed by atoms with van der Waals surface area (Å²) in [5, 5.41) is 2.64. The van der Waals surface area contributed by atoms with Crippen molar-refractivity contribution in [3.8, 4) is 5.75 Å². The minimum absolute atomic E-state index is 0.0297. The number of nitrogens with zero attached hydrogens (tertiary/aromatic N) is 2. The number of rotatable bonds is 9. The first kappa shape index (κ1) is 23.1.